The highest BCUT2D eigenvalue weighted by Gasteiger charge is 2.23. The van der Waals surface area contributed by atoms with E-state index in [4.69, 9.17) is 5.73 Å². The number of nitrogens with zero attached hydrogens (tertiary/aromatic N) is 1. The minimum absolute atomic E-state index is 0.0753. The molecule has 1 aliphatic rings. The Kier molecular flexibility index (Phi) is 4.78. The summed E-state index contributed by atoms with van der Waals surface area (Å²) in [7, 11) is 1.30. The number of anilines is 2. The predicted molar refractivity (Wildman–Crippen MR) is 76.8 cm³/mol. The van der Waals surface area contributed by atoms with Gasteiger partial charge in [-0.1, -0.05) is 0 Å². The minimum Gasteiger partial charge on any atom is -0.465 e. The van der Waals surface area contributed by atoms with Gasteiger partial charge in [-0.3, -0.25) is 4.79 Å². The highest BCUT2D eigenvalue weighted by Crippen LogP contribution is 2.27. The molecule has 0 unspecified atom stereocenters. The molecule has 20 heavy (non-hydrogen) atoms. The maximum absolute atomic E-state index is 11.5. The standard InChI is InChI=1S/C12H18N4O3S/c1-19-12(18)9-10(13)16-20-11(9)14-6-2-3-8(17)15-7-4-5-7/h7,14H,2-6H2,1H3,(H2,13,16)(H,15,17). The molecule has 1 saturated carbocycles. The van der Waals surface area contributed by atoms with Crippen LogP contribution >= 0.6 is 11.5 Å². The number of carbonyl (C=O) groups is 2. The molecule has 0 bridgehead atoms. The fourth-order valence-corrected chi connectivity index (χ4v) is 2.43. The molecule has 8 heteroatoms. The summed E-state index contributed by atoms with van der Waals surface area (Å²) in [6, 6.07) is 0.391. The zero-order chi connectivity index (χ0) is 14.5. The van der Waals surface area contributed by atoms with Crippen molar-refractivity contribution in [2.24, 2.45) is 0 Å². The Balaban J connectivity index is 1.76. The van der Waals surface area contributed by atoms with Crippen LogP contribution < -0.4 is 16.4 Å². The third kappa shape index (κ3) is 3.83. The first-order chi connectivity index (χ1) is 9.61. The van der Waals surface area contributed by atoms with Crippen LogP contribution in [0.4, 0.5) is 10.8 Å². The van der Waals surface area contributed by atoms with Crippen molar-refractivity contribution in [3.05, 3.63) is 5.56 Å². The average Bonchev–Trinajstić information content (AvgIpc) is 3.16. The third-order valence-corrected chi connectivity index (χ3v) is 3.74. The van der Waals surface area contributed by atoms with Gasteiger partial charge in [-0.15, -0.1) is 0 Å². The average molecular weight is 298 g/mol. The number of hydrogen-bond donors (Lipinski definition) is 3. The van der Waals surface area contributed by atoms with Crippen LogP contribution in [-0.4, -0.2) is 35.9 Å². The molecule has 1 amide bonds. The normalized spacial score (nSPS) is 13.8. The number of aromatic nitrogens is 1. The lowest BCUT2D eigenvalue weighted by atomic mass is 10.2. The molecule has 1 aromatic rings. The monoisotopic (exact) mass is 298 g/mol. The lowest BCUT2D eigenvalue weighted by molar-refractivity contribution is -0.121. The number of nitrogens with one attached hydrogen (secondary N) is 2. The fourth-order valence-electron chi connectivity index (χ4n) is 1.70. The summed E-state index contributed by atoms with van der Waals surface area (Å²) in [4.78, 5) is 23.0. The van der Waals surface area contributed by atoms with E-state index in [0.717, 1.165) is 24.4 Å². The summed E-state index contributed by atoms with van der Waals surface area (Å²) in [6.45, 7) is 0.573. The molecule has 0 atom stereocenters. The number of nitrogens with two attached hydrogens (primary N) is 1. The highest BCUT2D eigenvalue weighted by molar-refractivity contribution is 7.11. The van der Waals surface area contributed by atoms with Gasteiger partial charge in [0.15, 0.2) is 5.82 Å². The largest absolute Gasteiger partial charge is 0.465 e. The van der Waals surface area contributed by atoms with Gasteiger partial charge in [0.05, 0.1) is 7.11 Å². The Morgan fingerprint density at radius 2 is 2.25 bits per heavy atom. The smallest absolute Gasteiger partial charge is 0.344 e. The summed E-state index contributed by atoms with van der Waals surface area (Å²) in [5.74, 6) is -0.271. The molecule has 4 N–H and O–H groups in total. The topological polar surface area (TPSA) is 106 Å². The van der Waals surface area contributed by atoms with Gasteiger partial charge in [-0.2, -0.15) is 4.37 Å². The second kappa shape index (κ2) is 6.56. The predicted octanol–water partition coefficient (Wildman–Crippen LogP) is 0.983. The molecular weight excluding hydrogens is 280 g/mol. The molecular formula is C12H18N4O3S. The quantitative estimate of drug-likeness (QED) is 0.512. The lowest BCUT2D eigenvalue weighted by Crippen LogP contribution is -2.25. The van der Waals surface area contributed by atoms with Gasteiger partial charge in [0, 0.05) is 19.0 Å². The zero-order valence-electron chi connectivity index (χ0n) is 11.3. The molecule has 0 spiro atoms. The second-order valence-corrected chi connectivity index (χ2v) is 5.41. The molecule has 0 radical (unpaired) electrons. The van der Waals surface area contributed by atoms with Crippen molar-refractivity contribution in [1.29, 1.82) is 0 Å². The summed E-state index contributed by atoms with van der Waals surface area (Å²) in [5, 5.41) is 6.57. The van der Waals surface area contributed by atoms with Crippen molar-refractivity contribution in [2.75, 3.05) is 24.7 Å². The molecule has 1 heterocycles. The number of ether oxygens (including phenoxy) is 1. The molecule has 0 aliphatic heterocycles. The van der Waals surface area contributed by atoms with Crippen molar-refractivity contribution in [1.82, 2.24) is 9.69 Å². The Morgan fingerprint density at radius 1 is 1.50 bits per heavy atom. The van der Waals surface area contributed by atoms with Crippen LogP contribution in [0.2, 0.25) is 0 Å². The third-order valence-electron chi connectivity index (χ3n) is 2.92. The van der Waals surface area contributed by atoms with Gasteiger partial charge >= 0.3 is 5.97 Å². The highest BCUT2D eigenvalue weighted by atomic mass is 32.1. The van der Waals surface area contributed by atoms with E-state index in [2.05, 4.69) is 19.7 Å². The van der Waals surface area contributed by atoms with E-state index in [1.807, 2.05) is 0 Å². The second-order valence-electron chi connectivity index (χ2n) is 4.64. The molecule has 7 nitrogen and oxygen atoms in total. The van der Waals surface area contributed by atoms with Crippen molar-refractivity contribution < 1.29 is 14.3 Å². The van der Waals surface area contributed by atoms with Crippen LogP contribution in [0.3, 0.4) is 0 Å². The number of amides is 1. The number of esters is 1. The Bertz CT molecular complexity index is 499. The fraction of sp³-hybridized carbons (Fsp3) is 0.583. The SMILES string of the molecule is COC(=O)c1c(N)nsc1NCCCC(=O)NC1CC1. The number of carbonyl (C=O) groups excluding carboxylic acids is 2. The maximum atomic E-state index is 11.5. The van der Waals surface area contributed by atoms with Crippen LogP contribution in [0, 0.1) is 0 Å². The zero-order valence-corrected chi connectivity index (χ0v) is 12.1. The number of nitrogen functional groups attached to an aromatic ring is 1. The van der Waals surface area contributed by atoms with Crippen molar-refractivity contribution in [3.8, 4) is 0 Å². The summed E-state index contributed by atoms with van der Waals surface area (Å²) < 4.78 is 8.58. The molecule has 1 aliphatic carbocycles. The van der Waals surface area contributed by atoms with E-state index in [1.54, 1.807) is 0 Å². The number of hydrogen-bond acceptors (Lipinski definition) is 7. The van der Waals surface area contributed by atoms with Crippen LogP contribution in [0.25, 0.3) is 0 Å². The van der Waals surface area contributed by atoms with Gasteiger partial charge in [-0.05, 0) is 30.8 Å². The molecule has 110 valence electrons. The molecule has 1 fully saturated rings. The maximum Gasteiger partial charge on any atom is 0.344 e. The van der Waals surface area contributed by atoms with E-state index < -0.39 is 5.97 Å². The first-order valence-corrected chi connectivity index (χ1v) is 7.26. The number of rotatable bonds is 7. The first kappa shape index (κ1) is 14.6. The summed E-state index contributed by atoms with van der Waals surface area (Å²) in [5.41, 5.74) is 5.89. The Labute approximate surface area is 121 Å². The van der Waals surface area contributed by atoms with Gasteiger partial charge in [0.2, 0.25) is 5.91 Å². The number of methoxy groups -OCH3 is 1. The summed E-state index contributed by atoms with van der Waals surface area (Å²) >= 11 is 1.11. The van der Waals surface area contributed by atoms with Crippen molar-refractivity contribution >= 4 is 34.2 Å². The minimum atomic E-state index is -0.509. The van der Waals surface area contributed by atoms with Crippen LogP contribution in [0.1, 0.15) is 36.0 Å². The lowest BCUT2D eigenvalue weighted by Gasteiger charge is -2.06. The molecule has 1 aromatic heterocycles. The van der Waals surface area contributed by atoms with Crippen LogP contribution in [-0.2, 0) is 9.53 Å². The van der Waals surface area contributed by atoms with E-state index >= 15 is 0 Å². The van der Waals surface area contributed by atoms with Crippen molar-refractivity contribution in [3.63, 3.8) is 0 Å². The summed E-state index contributed by atoms with van der Waals surface area (Å²) in [6.07, 6.45) is 3.32. The molecule has 0 saturated heterocycles. The van der Waals surface area contributed by atoms with E-state index in [0.29, 0.717) is 30.4 Å². The van der Waals surface area contributed by atoms with Crippen molar-refractivity contribution in [2.45, 2.75) is 31.7 Å². The van der Waals surface area contributed by atoms with Gasteiger partial charge in [-0.25, -0.2) is 4.79 Å². The Morgan fingerprint density at radius 3 is 2.90 bits per heavy atom. The first-order valence-electron chi connectivity index (χ1n) is 6.48. The van der Waals surface area contributed by atoms with E-state index in [-0.39, 0.29) is 17.3 Å². The molecule has 2 rings (SSSR count). The van der Waals surface area contributed by atoms with E-state index in [1.165, 1.54) is 7.11 Å². The Hall–Kier alpha value is -1.83. The van der Waals surface area contributed by atoms with Gasteiger partial charge in [0.25, 0.3) is 0 Å². The van der Waals surface area contributed by atoms with Crippen LogP contribution in [0.15, 0.2) is 0 Å². The van der Waals surface area contributed by atoms with Gasteiger partial charge < -0.3 is 21.1 Å². The van der Waals surface area contributed by atoms with Crippen LogP contribution in [0.5, 0.6) is 0 Å². The van der Waals surface area contributed by atoms with E-state index in [9.17, 15) is 9.59 Å². The molecule has 0 aromatic carbocycles. The van der Waals surface area contributed by atoms with Gasteiger partial charge in [0.1, 0.15) is 10.6 Å².